The van der Waals surface area contributed by atoms with E-state index in [0.717, 1.165) is 11.4 Å². The van der Waals surface area contributed by atoms with Gasteiger partial charge in [0, 0.05) is 21.9 Å². The number of hydrazone groups is 1. The number of anilines is 2. The predicted molar refractivity (Wildman–Crippen MR) is 114 cm³/mol. The van der Waals surface area contributed by atoms with E-state index in [0.29, 0.717) is 16.9 Å². The molecule has 1 aromatic heterocycles. The standard InChI is InChI=1S/C19H15N5O2S2/c25-19-18(23-22-16-5-1-2-6-17(16)24-26)14-10-12(7-8-15(14)21-19)28-20-11-13-4-3-9-27-13/h1-10,20,22H,11H2,(H,21,23,25). The van der Waals surface area contributed by atoms with E-state index in [1.165, 1.54) is 16.8 Å². The highest BCUT2D eigenvalue weighted by Gasteiger charge is 2.26. The molecule has 2 aromatic carbocycles. The van der Waals surface area contributed by atoms with Crippen LogP contribution in [0.15, 0.2) is 75.2 Å². The van der Waals surface area contributed by atoms with Crippen molar-refractivity contribution in [1.29, 1.82) is 0 Å². The average Bonchev–Trinajstić information content (AvgIpc) is 3.34. The highest BCUT2D eigenvalue weighted by molar-refractivity contribution is 7.97. The number of amides is 1. The minimum atomic E-state index is -0.298. The molecule has 3 aromatic rings. The van der Waals surface area contributed by atoms with Gasteiger partial charge in [-0.05, 0) is 58.9 Å². The largest absolute Gasteiger partial charge is 0.320 e. The second-order valence-corrected chi connectivity index (χ2v) is 7.84. The zero-order valence-electron chi connectivity index (χ0n) is 14.5. The maximum atomic E-state index is 12.3. The predicted octanol–water partition coefficient (Wildman–Crippen LogP) is 4.71. The first-order valence-corrected chi connectivity index (χ1v) is 10.1. The molecule has 4 rings (SSSR count). The minimum Gasteiger partial charge on any atom is -0.320 e. The molecule has 1 aliphatic rings. The molecule has 0 fully saturated rings. The van der Waals surface area contributed by atoms with Crippen molar-refractivity contribution < 1.29 is 4.79 Å². The summed E-state index contributed by atoms with van der Waals surface area (Å²) in [5.74, 6) is -0.298. The van der Waals surface area contributed by atoms with Crippen LogP contribution >= 0.6 is 23.3 Å². The Kier molecular flexibility index (Phi) is 5.47. The first-order valence-electron chi connectivity index (χ1n) is 8.38. The maximum Gasteiger partial charge on any atom is 0.276 e. The Morgan fingerprint density at radius 2 is 2.00 bits per heavy atom. The molecule has 1 aliphatic heterocycles. The van der Waals surface area contributed by atoms with Crippen molar-refractivity contribution in [1.82, 2.24) is 4.72 Å². The molecule has 0 spiro atoms. The number of nitrogens with one attached hydrogen (secondary N) is 3. The number of nitrogens with zero attached hydrogens (tertiary/aromatic N) is 2. The fraction of sp³-hybridized carbons (Fsp3) is 0.0526. The molecule has 0 atom stereocenters. The fourth-order valence-electron chi connectivity index (χ4n) is 2.67. The molecule has 0 unspecified atom stereocenters. The van der Waals surface area contributed by atoms with Gasteiger partial charge in [0.05, 0.1) is 11.4 Å². The fourth-order valence-corrected chi connectivity index (χ4v) is 4.12. The van der Waals surface area contributed by atoms with Gasteiger partial charge in [-0.25, -0.2) is 0 Å². The molecule has 0 radical (unpaired) electrons. The monoisotopic (exact) mass is 409 g/mol. The van der Waals surface area contributed by atoms with Gasteiger partial charge in [0.1, 0.15) is 5.69 Å². The van der Waals surface area contributed by atoms with Crippen LogP contribution in [-0.2, 0) is 11.3 Å². The van der Waals surface area contributed by atoms with Crippen LogP contribution in [0.5, 0.6) is 0 Å². The summed E-state index contributed by atoms with van der Waals surface area (Å²) in [6, 6.07) is 16.5. The van der Waals surface area contributed by atoms with Crippen LogP contribution in [0, 0.1) is 4.91 Å². The summed E-state index contributed by atoms with van der Waals surface area (Å²) in [5.41, 5.74) is 5.11. The van der Waals surface area contributed by atoms with Gasteiger partial charge in [-0.2, -0.15) is 5.10 Å². The lowest BCUT2D eigenvalue weighted by Gasteiger charge is -2.06. The molecular weight excluding hydrogens is 394 g/mol. The molecule has 0 saturated heterocycles. The van der Waals surface area contributed by atoms with E-state index >= 15 is 0 Å². The number of fused-ring (bicyclic) bond motifs is 1. The Bertz CT molecular complexity index is 1050. The molecule has 0 saturated carbocycles. The molecule has 9 heteroatoms. The van der Waals surface area contributed by atoms with Crippen LogP contribution in [0.2, 0.25) is 0 Å². The summed E-state index contributed by atoms with van der Waals surface area (Å²) in [6.45, 7) is 0.759. The summed E-state index contributed by atoms with van der Waals surface area (Å²) in [7, 11) is 0. The quantitative estimate of drug-likeness (QED) is 0.298. The summed E-state index contributed by atoms with van der Waals surface area (Å²) < 4.78 is 3.31. The molecule has 28 heavy (non-hydrogen) atoms. The van der Waals surface area contributed by atoms with Crippen LogP contribution in [-0.4, -0.2) is 11.6 Å². The highest BCUT2D eigenvalue weighted by Crippen LogP contribution is 2.29. The van der Waals surface area contributed by atoms with Gasteiger partial charge in [0.25, 0.3) is 5.91 Å². The van der Waals surface area contributed by atoms with Crippen molar-refractivity contribution in [3.05, 3.63) is 75.3 Å². The van der Waals surface area contributed by atoms with Gasteiger partial charge >= 0.3 is 0 Å². The zero-order valence-corrected chi connectivity index (χ0v) is 16.1. The smallest absolute Gasteiger partial charge is 0.276 e. The third kappa shape index (κ3) is 3.96. The minimum absolute atomic E-state index is 0.229. The maximum absolute atomic E-state index is 12.3. The number of rotatable bonds is 7. The Balaban J connectivity index is 1.51. The van der Waals surface area contributed by atoms with Gasteiger partial charge in [-0.3, -0.25) is 14.9 Å². The van der Waals surface area contributed by atoms with E-state index in [-0.39, 0.29) is 17.3 Å². The SMILES string of the molecule is O=Nc1ccccc1N/N=C1\C(=O)Nc2ccc(SNCc3cccs3)cc21. The molecule has 0 aliphatic carbocycles. The molecule has 1 amide bonds. The number of carbonyl (C=O) groups excluding carboxylic acids is 1. The molecule has 2 heterocycles. The van der Waals surface area contributed by atoms with E-state index in [4.69, 9.17) is 0 Å². The van der Waals surface area contributed by atoms with E-state index in [1.807, 2.05) is 29.6 Å². The second-order valence-electron chi connectivity index (χ2n) is 5.84. The highest BCUT2D eigenvalue weighted by atomic mass is 32.2. The van der Waals surface area contributed by atoms with Gasteiger partial charge in [-0.1, -0.05) is 18.2 Å². The zero-order chi connectivity index (χ0) is 19.3. The Morgan fingerprint density at radius 3 is 2.82 bits per heavy atom. The third-order valence-electron chi connectivity index (χ3n) is 4.02. The van der Waals surface area contributed by atoms with Crippen LogP contribution < -0.4 is 15.5 Å². The van der Waals surface area contributed by atoms with Crippen LogP contribution in [0.3, 0.4) is 0 Å². The van der Waals surface area contributed by atoms with Crippen molar-refractivity contribution in [2.24, 2.45) is 10.3 Å². The van der Waals surface area contributed by atoms with E-state index in [1.54, 1.807) is 35.6 Å². The average molecular weight is 409 g/mol. The van der Waals surface area contributed by atoms with Gasteiger partial charge in [0.2, 0.25) is 0 Å². The summed E-state index contributed by atoms with van der Waals surface area (Å²) in [4.78, 5) is 25.4. The van der Waals surface area contributed by atoms with E-state index < -0.39 is 0 Å². The van der Waals surface area contributed by atoms with E-state index in [2.05, 4.69) is 31.8 Å². The first-order chi connectivity index (χ1) is 13.7. The van der Waals surface area contributed by atoms with Gasteiger partial charge in [-0.15, -0.1) is 16.2 Å². The van der Waals surface area contributed by atoms with Crippen molar-refractivity contribution in [2.45, 2.75) is 11.4 Å². The summed E-state index contributed by atoms with van der Waals surface area (Å²) in [5, 5.41) is 12.0. The van der Waals surface area contributed by atoms with Crippen molar-refractivity contribution in [3.63, 3.8) is 0 Å². The number of hydrogen-bond donors (Lipinski definition) is 3. The number of thiophene rings is 1. The van der Waals surface area contributed by atoms with Gasteiger partial charge in [0.15, 0.2) is 5.71 Å². The normalized spacial score (nSPS) is 14.0. The second kappa shape index (κ2) is 8.34. The number of carbonyl (C=O) groups is 1. The topological polar surface area (TPSA) is 95.0 Å². The summed E-state index contributed by atoms with van der Waals surface area (Å²) >= 11 is 3.19. The lowest BCUT2D eigenvalue weighted by Crippen LogP contribution is -2.15. The first kappa shape index (κ1) is 18.4. The van der Waals surface area contributed by atoms with Crippen molar-refractivity contribution in [2.75, 3.05) is 10.7 Å². The number of hydrogen-bond acceptors (Lipinski definition) is 8. The molecular formula is C19H15N5O2S2. The Morgan fingerprint density at radius 1 is 1.11 bits per heavy atom. The molecule has 0 bridgehead atoms. The number of para-hydroxylation sites is 1. The lowest BCUT2D eigenvalue weighted by molar-refractivity contribution is -0.110. The van der Waals surface area contributed by atoms with E-state index in [9.17, 15) is 9.70 Å². The third-order valence-corrected chi connectivity index (χ3v) is 5.67. The van der Waals surface area contributed by atoms with Gasteiger partial charge < -0.3 is 5.32 Å². The Hall–Kier alpha value is -3.01. The van der Waals surface area contributed by atoms with Crippen LogP contribution in [0.1, 0.15) is 10.4 Å². The van der Waals surface area contributed by atoms with Crippen molar-refractivity contribution >= 4 is 52.0 Å². The number of benzene rings is 2. The summed E-state index contributed by atoms with van der Waals surface area (Å²) in [6.07, 6.45) is 0. The van der Waals surface area contributed by atoms with Crippen LogP contribution in [0.4, 0.5) is 17.1 Å². The van der Waals surface area contributed by atoms with Crippen molar-refractivity contribution in [3.8, 4) is 0 Å². The molecule has 7 nitrogen and oxygen atoms in total. The molecule has 3 N–H and O–H groups in total. The van der Waals surface area contributed by atoms with Crippen LogP contribution in [0.25, 0.3) is 0 Å². The molecule has 140 valence electrons. The number of nitroso groups, excluding NO2 is 1. The Labute approximate surface area is 169 Å². The lowest BCUT2D eigenvalue weighted by atomic mass is 10.1.